The molecule has 0 atom stereocenters. The molecule has 4 nitrogen and oxygen atoms in total. The van der Waals surface area contributed by atoms with Gasteiger partial charge in [-0.25, -0.2) is 4.98 Å². The standard InChI is InChI=1S/C14H17N3O/c1-11-14(17-10-9-15-11)16-8-7-12-5-3-4-6-13(12)18-2/h3-6,9-10H,7-8H2,1-2H3,(H,16,17). The molecule has 4 heteroatoms. The summed E-state index contributed by atoms with van der Waals surface area (Å²) in [6, 6.07) is 8.04. The van der Waals surface area contributed by atoms with E-state index in [1.165, 1.54) is 5.56 Å². The molecular formula is C14H17N3O. The van der Waals surface area contributed by atoms with Gasteiger partial charge in [0.25, 0.3) is 0 Å². The molecule has 0 saturated carbocycles. The van der Waals surface area contributed by atoms with E-state index in [2.05, 4.69) is 21.4 Å². The van der Waals surface area contributed by atoms with E-state index in [1.807, 2.05) is 25.1 Å². The third-order valence-corrected chi connectivity index (χ3v) is 2.76. The van der Waals surface area contributed by atoms with Gasteiger partial charge in [-0.3, -0.25) is 4.98 Å². The number of para-hydroxylation sites is 1. The zero-order valence-corrected chi connectivity index (χ0v) is 10.7. The average molecular weight is 243 g/mol. The SMILES string of the molecule is COc1ccccc1CCNc1nccnc1C. The predicted octanol–water partition coefficient (Wildman–Crippen LogP) is 2.45. The summed E-state index contributed by atoms with van der Waals surface area (Å²) >= 11 is 0. The third kappa shape index (κ3) is 2.97. The Hall–Kier alpha value is -2.10. The van der Waals surface area contributed by atoms with Crippen LogP contribution >= 0.6 is 0 Å². The van der Waals surface area contributed by atoms with Crippen molar-refractivity contribution >= 4 is 5.82 Å². The lowest BCUT2D eigenvalue weighted by atomic mass is 10.1. The van der Waals surface area contributed by atoms with E-state index in [-0.39, 0.29) is 0 Å². The molecule has 0 aliphatic carbocycles. The number of hydrogen-bond acceptors (Lipinski definition) is 4. The highest BCUT2D eigenvalue weighted by atomic mass is 16.5. The Balaban J connectivity index is 1.95. The summed E-state index contributed by atoms with van der Waals surface area (Å²) in [6.07, 6.45) is 4.28. The molecule has 0 bridgehead atoms. The van der Waals surface area contributed by atoms with Gasteiger partial charge in [0, 0.05) is 18.9 Å². The maximum Gasteiger partial charge on any atom is 0.147 e. The van der Waals surface area contributed by atoms with Crippen LogP contribution in [0.3, 0.4) is 0 Å². The predicted molar refractivity (Wildman–Crippen MR) is 72.0 cm³/mol. The third-order valence-electron chi connectivity index (χ3n) is 2.76. The van der Waals surface area contributed by atoms with Gasteiger partial charge in [0.1, 0.15) is 11.6 Å². The summed E-state index contributed by atoms with van der Waals surface area (Å²) in [4.78, 5) is 8.44. The molecule has 1 heterocycles. The highest BCUT2D eigenvalue weighted by molar-refractivity contribution is 5.39. The van der Waals surface area contributed by atoms with E-state index in [0.717, 1.165) is 30.2 Å². The Labute approximate surface area is 107 Å². The normalized spacial score (nSPS) is 10.1. The molecule has 94 valence electrons. The van der Waals surface area contributed by atoms with Crippen LogP contribution in [0.2, 0.25) is 0 Å². The Bertz CT molecular complexity index is 514. The average Bonchev–Trinajstić information content (AvgIpc) is 2.41. The van der Waals surface area contributed by atoms with Crippen molar-refractivity contribution in [1.82, 2.24) is 9.97 Å². The molecule has 1 N–H and O–H groups in total. The van der Waals surface area contributed by atoms with Gasteiger partial charge in [-0.05, 0) is 25.0 Å². The lowest BCUT2D eigenvalue weighted by Gasteiger charge is -2.10. The Morgan fingerprint density at radius 1 is 1.17 bits per heavy atom. The second kappa shape index (κ2) is 6.00. The van der Waals surface area contributed by atoms with Crippen LogP contribution in [0.25, 0.3) is 0 Å². The van der Waals surface area contributed by atoms with Gasteiger partial charge in [0.15, 0.2) is 0 Å². The minimum atomic E-state index is 0.805. The largest absolute Gasteiger partial charge is 0.496 e. The minimum absolute atomic E-state index is 0.805. The van der Waals surface area contributed by atoms with Crippen LogP contribution in [0, 0.1) is 6.92 Å². The number of methoxy groups -OCH3 is 1. The van der Waals surface area contributed by atoms with Crippen molar-refractivity contribution in [2.45, 2.75) is 13.3 Å². The number of ether oxygens (including phenoxy) is 1. The highest BCUT2D eigenvalue weighted by Gasteiger charge is 2.02. The molecule has 0 aliphatic rings. The lowest BCUT2D eigenvalue weighted by molar-refractivity contribution is 0.410. The molecule has 0 radical (unpaired) electrons. The van der Waals surface area contributed by atoms with Crippen LogP contribution < -0.4 is 10.1 Å². The molecule has 2 rings (SSSR count). The summed E-state index contributed by atoms with van der Waals surface area (Å²) in [5.41, 5.74) is 2.10. The summed E-state index contributed by atoms with van der Waals surface area (Å²) < 4.78 is 5.32. The Kier molecular flexibility index (Phi) is 4.12. The van der Waals surface area contributed by atoms with E-state index in [0.29, 0.717) is 0 Å². The summed E-state index contributed by atoms with van der Waals surface area (Å²) in [6.45, 7) is 2.75. The van der Waals surface area contributed by atoms with Crippen molar-refractivity contribution in [1.29, 1.82) is 0 Å². The number of anilines is 1. The van der Waals surface area contributed by atoms with Gasteiger partial charge < -0.3 is 10.1 Å². The van der Waals surface area contributed by atoms with Gasteiger partial charge in [-0.15, -0.1) is 0 Å². The second-order valence-corrected chi connectivity index (χ2v) is 3.98. The molecule has 0 amide bonds. The molecule has 0 saturated heterocycles. The zero-order chi connectivity index (χ0) is 12.8. The van der Waals surface area contributed by atoms with E-state index < -0.39 is 0 Å². The van der Waals surface area contributed by atoms with Crippen LogP contribution in [0.5, 0.6) is 5.75 Å². The quantitative estimate of drug-likeness (QED) is 0.876. The molecule has 1 aromatic heterocycles. The first kappa shape index (κ1) is 12.4. The van der Waals surface area contributed by atoms with Gasteiger partial charge >= 0.3 is 0 Å². The lowest BCUT2D eigenvalue weighted by Crippen LogP contribution is -2.08. The number of aryl methyl sites for hydroxylation is 1. The summed E-state index contributed by atoms with van der Waals surface area (Å²) in [7, 11) is 1.69. The van der Waals surface area contributed by atoms with Crippen LogP contribution in [-0.4, -0.2) is 23.6 Å². The number of nitrogens with one attached hydrogen (secondary N) is 1. The van der Waals surface area contributed by atoms with Crippen LogP contribution in [0.4, 0.5) is 5.82 Å². The summed E-state index contributed by atoms with van der Waals surface area (Å²) in [5.74, 6) is 1.77. The van der Waals surface area contributed by atoms with Gasteiger partial charge in [-0.1, -0.05) is 18.2 Å². The minimum Gasteiger partial charge on any atom is -0.496 e. The zero-order valence-electron chi connectivity index (χ0n) is 10.7. The number of benzene rings is 1. The molecular weight excluding hydrogens is 226 g/mol. The maximum absolute atomic E-state index is 5.32. The van der Waals surface area contributed by atoms with Crippen molar-refractivity contribution in [3.63, 3.8) is 0 Å². The van der Waals surface area contributed by atoms with Crippen LogP contribution in [-0.2, 0) is 6.42 Å². The van der Waals surface area contributed by atoms with Crippen molar-refractivity contribution in [2.75, 3.05) is 19.0 Å². The highest BCUT2D eigenvalue weighted by Crippen LogP contribution is 2.17. The fourth-order valence-electron chi connectivity index (χ4n) is 1.81. The maximum atomic E-state index is 5.32. The molecule has 0 spiro atoms. The van der Waals surface area contributed by atoms with Crippen molar-refractivity contribution in [3.05, 3.63) is 47.9 Å². The Morgan fingerprint density at radius 2 is 1.94 bits per heavy atom. The molecule has 0 unspecified atom stereocenters. The molecule has 1 aromatic carbocycles. The van der Waals surface area contributed by atoms with E-state index in [9.17, 15) is 0 Å². The van der Waals surface area contributed by atoms with Gasteiger partial charge in [0.05, 0.1) is 12.8 Å². The number of rotatable bonds is 5. The molecule has 0 aliphatic heterocycles. The fraction of sp³-hybridized carbons (Fsp3) is 0.286. The van der Waals surface area contributed by atoms with Crippen molar-refractivity contribution in [2.24, 2.45) is 0 Å². The smallest absolute Gasteiger partial charge is 0.147 e. The monoisotopic (exact) mass is 243 g/mol. The fourth-order valence-corrected chi connectivity index (χ4v) is 1.81. The van der Waals surface area contributed by atoms with Crippen LogP contribution in [0.1, 0.15) is 11.3 Å². The second-order valence-electron chi connectivity index (χ2n) is 3.98. The Morgan fingerprint density at radius 3 is 2.72 bits per heavy atom. The van der Waals surface area contributed by atoms with Gasteiger partial charge in [-0.2, -0.15) is 0 Å². The first-order valence-corrected chi connectivity index (χ1v) is 5.94. The molecule has 0 fully saturated rings. The molecule has 2 aromatic rings. The van der Waals surface area contributed by atoms with Crippen molar-refractivity contribution in [3.8, 4) is 5.75 Å². The topological polar surface area (TPSA) is 47.0 Å². The first-order chi connectivity index (χ1) is 8.81. The molecule has 18 heavy (non-hydrogen) atoms. The number of aromatic nitrogens is 2. The van der Waals surface area contributed by atoms with Gasteiger partial charge in [0.2, 0.25) is 0 Å². The van der Waals surface area contributed by atoms with E-state index in [4.69, 9.17) is 4.74 Å². The summed E-state index contributed by atoms with van der Waals surface area (Å²) in [5, 5.41) is 3.28. The van der Waals surface area contributed by atoms with Crippen molar-refractivity contribution < 1.29 is 4.74 Å². The van der Waals surface area contributed by atoms with E-state index >= 15 is 0 Å². The van der Waals surface area contributed by atoms with E-state index in [1.54, 1.807) is 19.5 Å². The number of nitrogens with zero attached hydrogens (tertiary/aromatic N) is 2. The first-order valence-electron chi connectivity index (χ1n) is 5.94. The van der Waals surface area contributed by atoms with Crippen LogP contribution in [0.15, 0.2) is 36.7 Å². The number of hydrogen-bond donors (Lipinski definition) is 1.